The van der Waals surface area contributed by atoms with Gasteiger partial charge in [0.1, 0.15) is 23.3 Å². The van der Waals surface area contributed by atoms with E-state index in [9.17, 15) is 9.65 Å². The second-order valence-corrected chi connectivity index (χ2v) is 8.16. The van der Waals surface area contributed by atoms with Crippen LogP contribution in [0.5, 0.6) is 0 Å². The van der Waals surface area contributed by atoms with Crippen LogP contribution in [-0.2, 0) is 6.42 Å². The van der Waals surface area contributed by atoms with E-state index in [1.54, 1.807) is 19.2 Å². The lowest BCUT2D eigenvalue weighted by atomic mass is 10.1. The first-order valence-electron chi connectivity index (χ1n) is 11.0. The van der Waals surface area contributed by atoms with Gasteiger partial charge < -0.3 is 16.4 Å². The van der Waals surface area contributed by atoms with Gasteiger partial charge in [-0.25, -0.2) is 9.07 Å². The number of rotatable bonds is 10. The Hall–Kier alpha value is -2.39. The van der Waals surface area contributed by atoms with E-state index in [0.29, 0.717) is 42.0 Å². The molecule has 33 heavy (non-hydrogen) atoms. The number of nitrogens with zero attached hydrogens (tertiary/aromatic N) is 5. The Morgan fingerprint density at radius 1 is 1.18 bits per heavy atom. The molecule has 1 aromatic heterocycles. The molecule has 1 heterocycles. The monoisotopic (exact) mass is 570 g/mol. The van der Waals surface area contributed by atoms with Gasteiger partial charge in [-0.05, 0) is 64.8 Å². The number of aryl methyl sites for hydroxylation is 1. The average Bonchev–Trinajstić information content (AvgIpc) is 3.07. The zero-order chi connectivity index (χ0) is 23.7. The third kappa shape index (κ3) is 8.16. The van der Waals surface area contributed by atoms with E-state index in [-0.39, 0.29) is 35.6 Å². The third-order valence-electron chi connectivity index (χ3n) is 5.27. The number of aromatic nitrogens is 2. The first-order chi connectivity index (χ1) is 15.3. The van der Waals surface area contributed by atoms with E-state index in [1.807, 2.05) is 0 Å². The zero-order valence-corrected chi connectivity index (χ0v) is 22.4. The van der Waals surface area contributed by atoms with Crippen molar-refractivity contribution in [2.24, 2.45) is 4.99 Å². The summed E-state index contributed by atoms with van der Waals surface area (Å²) in [6, 6.07) is 8.96. The summed E-state index contributed by atoms with van der Waals surface area (Å²) in [7, 11) is 1.75. The lowest BCUT2D eigenvalue weighted by Gasteiger charge is -2.30. The molecule has 0 spiro atoms. The molecule has 2 rings (SSSR count). The maximum Gasteiger partial charge on any atom is 0.191 e. The Morgan fingerprint density at radius 2 is 1.79 bits per heavy atom. The fourth-order valence-electron chi connectivity index (χ4n) is 3.65. The number of aliphatic imine (C=N–C) groups is 1. The van der Waals surface area contributed by atoms with Crippen LogP contribution in [0.1, 0.15) is 45.4 Å². The summed E-state index contributed by atoms with van der Waals surface area (Å²) < 4.78 is 14.7. The van der Waals surface area contributed by atoms with Crippen molar-refractivity contribution >= 4 is 35.8 Å². The fraction of sp³-hybridized carbons (Fsp3) is 0.522. The summed E-state index contributed by atoms with van der Waals surface area (Å²) in [5.74, 6) is 0.670. The van der Waals surface area contributed by atoms with Crippen molar-refractivity contribution in [2.75, 3.05) is 32.4 Å². The maximum absolute atomic E-state index is 13.2. The second-order valence-electron chi connectivity index (χ2n) is 8.16. The minimum absolute atomic E-state index is 0. The van der Waals surface area contributed by atoms with E-state index in [2.05, 4.69) is 59.4 Å². The van der Waals surface area contributed by atoms with E-state index < -0.39 is 0 Å². The van der Waals surface area contributed by atoms with Gasteiger partial charge in [0.25, 0.3) is 0 Å². The molecule has 0 radical (unpaired) electrons. The summed E-state index contributed by atoms with van der Waals surface area (Å²) in [5, 5.41) is 20.6. The van der Waals surface area contributed by atoms with E-state index >= 15 is 0 Å². The van der Waals surface area contributed by atoms with Gasteiger partial charge in [-0.2, -0.15) is 10.4 Å². The van der Waals surface area contributed by atoms with Crippen LogP contribution in [-0.4, -0.2) is 59.4 Å². The van der Waals surface area contributed by atoms with Gasteiger partial charge in [0.2, 0.25) is 0 Å². The van der Waals surface area contributed by atoms with Crippen molar-refractivity contribution < 1.29 is 4.39 Å². The van der Waals surface area contributed by atoms with E-state index in [1.165, 1.54) is 16.8 Å². The van der Waals surface area contributed by atoms with Crippen molar-refractivity contribution in [3.05, 3.63) is 41.3 Å². The number of anilines is 1. The topological polar surface area (TPSA) is 107 Å². The highest BCUT2D eigenvalue weighted by Gasteiger charge is 2.16. The van der Waals surface area contributed by atoms with Crippen LogP contribution in [0.4, 0.5) is 10.2 Å². The zero-order valence-electron chi connectivity index (χ0n) is 20.1. The lowest BCUT2D eigenvalue weighted by molar-refractivity contribution is 0.178. The molecule has 4 N–H and O–H groups in total. The second kappa shape index (κ2) is 14.0. The highest BCUT2D eigenvalue weighted by Crippen LogP contribution is 2.21. The predicted octanol–water partition coefficient (Wildman–Crippen LogP) is 3.30. The van der Waals surface area contributed by atoms with Gasteiger partial charge in [0, 0.05) is 38.8 Å². The molecule has 0 fully saturated rings. The number of hydrogen-bond donors (Lipinski definition) is 3. The Kier molecular flexibility index (Phi) is 12.2. The van der Waals surface area contributed by atoms with Gasteiger partial charge in [-0.3, -0.25) is 9.89 Å². The van der Waals surface area contributed by atoms with Crippen molar-refractivity contribution in [3.8, 4) is 11.8 Å². The molecule has 182 valence electrons. The molecule has 0 aliphatic heterocycles. The maximum atomic E-state index is 13.2. The molecular weight excluding hydrogens is 534 g/mol. The quantitative estimate of drug-likeness (QED) is 0.175. The molecule has 0 aliphatic rings. The van der Waals surface area contributed by atoms with Crippen molar-refractivity contribution in [2.45, 2.75) is 52.6 Å². The first kappa shape index (κ1) is 28.6. The minimum atomic E-state index is -0.339. The van der Waals surface area contributed by atoms with Crippen molar-refractivity contribution in [1.29, 1.82) is 5.26 Å². The Morgan fingerprint density at radius 3 is 2.33 bits per heavy atom. The number of nitriles is 1. The largest absolute Gasteiger partial charge is 0.382 e. The molecule has 1 aromatic carbocycles. The number of hydrogen-bond acceptors (Lipinski definition) is 5. The molecule has 0 amide bonds. The molecule has 0 saturated heterocycles. The first-order valence-corrected chi connectivity index (χ1v) is 11.0. The van der Waals surface area contributed by atoms with Crippen LogP contribution in [0.2, 0.25) is 0 Å². The Balaban J connectivity index is 0.00000544. The summed E-state index contributed by atoms with van der Waals surface area (Å²) in [6.07, 6.45) is 1.33. The molecule has 0 bridgehead atoms. The highest BCUT2D eigenvalue weighted by molar-refractivity contribution is 14.0. The normalized spacial score (nSPS) is 11.6. The molecule has 0 unspecified atom stereocenters. The Bertz CT molecular complexity index is 923. The number of nitrogens with two attached hydrogens (primary N) is 1. The molecule has 10 heteroatoms. The highest BCUT2D eigenvalue weighted by atomic mass is 127. The van der Waals surface area contributed by atoms with Crippen LogP contribution in [0, 0.1) is 17.1 Å². The molecular formula is C23H36FIN8. The molecule has 0 atom stereocenters. The minimum Gasteiger partial charge on any atom is -0.382 e. The number of nitrogen functional groups attached to an aromatic ring is 1. The van der Waals surface area contributed by atoms with Gasteiger partial charge in [0.05, 0.1) is 11.4 Å². The van der Waals surface area contributed by atoms with Crippen LogP contribution in [0.3, 0.4) is 0 Å². The standard InChI is InChI=1S/C23H35FN8.HI/c1-16(2)31(17(3)4)14-13-29-23(27-5)28-12-6-7-21-20(15-25)22(26)32(30-21)19-10-8-18(24)9-11-19;/h8-11,16-17H,6-7,12-14,26H2,1-5H3,(H2,27,28,29);1H. The molecule has 0 saturated carbocycles. The predicted molar refractivity (Wildman–Crippen MR) is 143 cm³/mol. The summed E-state index contributed by atoms with van der Waals surface area (Å²) >= 11 is 0. The SMILES string of the molecule is CN=C(NCCCc1nn(-c2ccc(F)cc2)c(N)c1C#N)NCCN(C(C)C)C(C)C.I. The summed E-state index contributed by atoms with van der Waals surface area (Å²) in [4.78, 5) is 6.69. The van der Waals surface area contributed by atoms with E-state index in [0.717, 1.165) is 25.5 Å². The smallest absolute Gasteiger partial charge is 0.191 e. The van der Waals surface area contributed by atoms with Crippen LogP contribution < -0.4 is 16.4 Å². The van der Waals surface area contributed by atoms with E-state index in [4.69, 9.17) is 5.73 Å². The Labute approximate surface area is 213 Å². The number of benzene rings is 1. The lowest BCUT2D eigenvalue weighted by Crippen LogP contribution is -2.45. The van der Waals surface area contributed by atoms with Crippen LogP contribution in [0.25, 0.3) is 5.69 Å². The van der Waals surface area contributed by atoms with Gasteiger partial charge in [-0.1, -0.05) is 0 Å². The van der Waals surface area contributed by atoms with Crippen molar-refractivity contribution in [1.82, 2.24) is 25.3 Å². The summed E-state index contributed by atoms with van der Waals surface area (Å²) in [5.41, 5.74) is 7.72. The van der Waals surface area contributed by atoms with Crippen LogP contribution in [0.15, 0.2) is 29.3 Å². The van der Waals surface area contributed by atoms with Gasteiger partial charge >= 0.3 is 0 Å². The number of guanidine groups is 1. The number of nitrogens with one attached hydrogen (secondary N) is 2. The molecule has 0 aliphatic carbocycles. The summed E-state index contributed by atoms with van der Waals surface area (Å²) in [6.45, 7) is 11.2. The third-order valence-corrected chi connectivity index (χ3v) is 5.27. The molecule has 2 aromatic rings. The number of halogens is 2. The van der Waals surface area contributed by atoms with Gasteiger partial charge in [-0.15, -0.1) is 24.0 Å². The van der Waals surface area contributed by atoms with Crippen molar-refractivity contribution in [3.63, 3.8) is 0 Å². The van der Waals surface area contributed by atoms with Gasteiger partial charge in [0.15, 0.2) is 5.96 Å². The fourth-order valence-corrected chi connectivity index (χ4v) is 3.65. The van der Waals surface area contributed by atoms with Crippen LogP contribution >= 0.6 is 24.0 Å². The molecule has 8 nitrogen and oxygen atoms in total. The average molecular weight is 570 g/mol.